The summed E-state index contributed by atoms with van der Waals surface area (Å²) in [5, 5.41) is 26.6. The van der Waals surface area contributed by atoms with E-state index in [1.807, 2.05) is 12.5 Å². The summed E-state index contributed by atoms with van der Waals surface area (Å²) in [6.45, 7) is -0.528. The second-order valence-electron chi connectivity index (χ2n) is 7.62. The van der Waals surface area contributed by atoms with Crippen LogP contribution in [0.3, 0.4) is 0 Å². The van der Waals surface area contributed by atoms with Crippen molar-refractivity contribution >= 4 is 59.0 Å². The molecule has 38 heavy (non-hydrogen) atoms. The lowest BCUT2D eigenvalue weighted by atomic mass is 9.82. The first kappa shape index (κ1) is 32.4. The molecule has 0 atom stereocenters. The summed E-state index contributed by atoms with van der Waals surface area (Å²) in [5.41, 5.74) is -1.59. The minimum absolute atomic E-state index is 0.0301. The van der Waals surface area contributed by atoms with Crippen LogP contribution in [0.2, 0.25) is 0 Å². The number of carboxylic acids is 3. The van der Waals surface area contributed by atoms with Gasteiger partial charge in [-0.25, -0.2) is 9.97 Å². The van der Waals surface area contributed by atoms with E-state index in [0.717, 1.165) is 0 Å². The van der Waals surface area contributed by atoms with Gasteiger partial charge in [0.25, 0.3) is 0 Å². The molecule has 0 spiro atoms. The van der Waals surface area contributed by atoms with E-state index in [1.54, 1.807) is 0 Å². The van der Waals surface area contributed by atoms with Gasteiger partial charge in [-0.3, -0.25) is 28.8 Å². The lowest BCUT2D eigenvalue weighted by Crippen LogP contribution is -2.42. The summed E-state index contributed by atoms with van der Waals surface area (Å²) in [4.78, 5) is 80.7. The van der Waals surface area contributed by atoms with Crippen molar-refractivity contribution in [3.8, 4) is 0 Å². The van der Waals surface area contributed by atoms with Gasteiger partial charge in [0.15, 0.2) is 29.5 Å². The number of ketones is 2. The number of ether oxygens (including phenoxy) is 1. The van der Waals surface area contributed by atoms with Gasteiger partial charge in [-0.15, -0.1) is 0 Å². The monoisotopic (exact) mass is 572 g/mol. The number of carbonyl (C=O) groups excluding carboxylic acids is 3. The Balaban J connectivity index is 0.000000415. The maximum atomic E-state index is 12.4. The fourth-order valence-corrected chi connectivity index (χ4v) is 4.03. The van der Waals surface area contributed by atoms with Gasteiger partial charge in [-0.05, 0) is 36.9 Å². The van der Waals surface area contributed by atoms with Crippen molar-refractivity contribution in [3.63, 3.8) is 0 Å². The number of aromatic amines is 2. The minimum Gasteiger partial charge on any atom is -0.481 e. The molecular formula is C22H28N4O10S2. The summed E-state index contributed by atoms with van der Waals surface area (Å²) in [5.74, 6) is -6.89. The summed E-state index contributed by atoms with van der Waals surface area (Å²) >= 11 is 2.92. The van der Waals surface area contributed by atoms with Gasteiger partial charge >= 0.3 is 23.9 Å². The molecule has 0 aliphatic rings. The number of Topliss-reactive ketones (excluding diaryl/α,β-unsaturated/α-hetero) is 2. The predicted molar refractivity (Wildman–Crippen MR) is 136 cm³/mol. The number of carbonyl (C=O) groups is 6. The van der Waals surface area contributed by atoms with Gasteiger partial charge < -0.3 is 30.0 Å². The Bertz CT molecular complexity index is 1070. The lowest BCUT2D eigenvalue weighted by molar-refractivity contribution is -0.168. The Hall–Kier alpha value is -3.66. The maximum Gasteiger partial charge on any atom is 0.323 e. The average molecular weight is 573 g/mol. The van der Waals surface area contributed by atoms with Crippen LogP contribution in [-0.4, -0.2) is 101 Å². The number of aliphatic carboxylic acids is 3. The standard InChI is InChI=1S/C14H20N2O5S2.C8H8N2O5/c1-22-7-3-14(12(18)19,4-8-23-2)13(20)21-9-10(17)11-15-5-6-16-11;11-6(5-2-9-3-10-5)1-4(7(12)13)8(14)15/h5-6H,3-4,7-9H2,1-2H3,(H,15,16)(H,18,19);2-4H,1H2,(H,9,10)(H,12,13)(H,14,15). The number of nitrogens with zero attached hydrogens (tertiary/aromatic N) is 2. The number of nitrogens with one attached hydrogen (secondary N) is 2. The van der Waals surface area contributed by atoms with Crippen molar-refractivity contribution in [2.75, 3.05) is 30.6 Å². The van der Waals surface area contributed by atoms with Crippen LogP contribution in [0.15, 0.2) is 24.9 Å². The quantitative estimate of drug-likeness (QED) is 0.109. The summed E-state index contributed by atoms with van der Waals surface area (Å²) in [7, 11) is 0. The third-order valence-electron chi connectivity index (χ3n) is 5.13. The number of hydrogen-bond acceptors (Lipinski definition) is 11. The van der Waals surface area contributed by atoms with Crippen molar-refractivity contribution in [1.82, 2.24) is 19.9 Å². The van der Waals surface area contributed by atoms with E-state index in [9.17, 15) is 33.9 Å². The molecule has 0 saturated heterocycles. The van der Waals surface area contributed by atoms with Gasteiger partial charge in [0, 0.05) is 25.0 Å². The van der Waals surface area contributed by atoms with Gasteiger partial charge in [0.05, 0.1) is 6.33 Å². The molecule has 0 aliphatic carbocycles. The van der Waals surface area contributed by atoms with Gasteiger partial charge in [-0.2, -0.15) is 23.5 Å². The number of thioether (sulfide) groups is 2. The van der Waals surface area contributed by atoms with E-state index in [0.29, 0.717) is 11.5 Å². The van der Waals surface area contributed by atoms with Gasteiger partial charge in [-0.1, -0.05) is 0 Å². The fraction of sp³-hybridized carbons (Fsp3) is 0.455. The molecule has 5 N–H and O–H groups in total. The lowest BCUT2D eigenvalue weighted by Gasteiger charge is -2.26. The number of esters is 1. The molecule has 0 aromatic carbocycles. The number of H-pyrrole nitrogens is 2. The van der Waals surface area contributed by atoms with Crippen LogP contribution in [0.4, 0.5) is 0 Å². The Morgan fingerprint density at radius 2 is 1.58 bits per heavy atom. The Labute approximate surface area is 225 Å². The molecule has 0 fully saturated rings. The normalized spacial score (nSPS) is 10.8. The number of carboxylic acid groups (broad SMARTS) is 3. The zero-order valence-corrected chi connectivity index (χ0v) is 22.2. The van der Waals surface area contributed by atoms with E-state index in [-0.39, 0.29) is 24.4 Å². The topological polar surface area (TPSA) is 230 Å². The van der Waals surface area contributed by atoms with E-state index in [1.165, 1.54) is 48.4 Å². The smallest absolute Gasteiger partial charge is 0.323 e. The number of rotatable bonds is 16. The van der Waals surface area contributed by atoms with Gasteiger partial charge in [0.1, 0.15) is 5.69 Å². The highest BCUT2D eigenvalue weighted by atomic mass is 32.2. The number of aromatic nitrogens is 4. The van der Waals surface area contributed by atoms with Crippen LogP contribution < -0.4 is 0 Å². The van der Waals surface area contributed by atoms with Crippen LogP contribution in [-0.2, 0) is 23.9 Å². The minimum atomic E-state index is -1.73. The molecular weight excluding hydrogens is 544 g/mol. The third-order valence-corrected chi connectivity index (χ3v) is 6.36. The highest BCUT2D eigenvalue weighted by molar-refractivity contribution is 7.98. The molecule has 208 valence electrons. The molecule has 14 nitrogen and oxygen atoms in total. The largest absolute Gasteiger partial charge is 0.481 e. The first-order chi connectivity index (χ1) is 18.0. The zero-order chi connectivity index (χ0) is 28.7. The average Bonchev–Trinajstić information content (AvgIpc) is 3.60. The molecule has 0 amide bonds. The molecule has 2 aromatic rings. The summed E-state index contributed by atoms with van der Waals surface area (Å²) in [6, 6.07) is 0. The molecule has 16 heteroatoms. The Morgan fingerprint density at radius 1 is 0.974 bits per heavy atom. The highest BCUT2D eigenvalue weighted by Crippen LogP contribution is 2.32. The van der Waals surface area contributed by atoms with Crippen LogP contribution in [0.1, 0.15) is 40.4 Å². The summed E-state index contributed by atoms with van der Waals surface area (Å²) in [6.07, 6.45) is 8.83. The SMILES string of the molecule is CSCCC(CCSC)(C(=O)O)C(=O)OCC(=O)c1ncc[nH]1.O=C(CC(C(=O)O)C(=O)O)c1c[nH]cn1. The highest BCUT2D eigenvalue weighted by Gasteiger charge is 2.47. The second-order valence-corrected chi connectivity index (χ2v) is 9.59. The molecule has 0 bridgehead atoms. The van der Waals surface area contributed by atoms with E-state index < -0.39 is 59.8 Å². The van der Waals surface area contributed by atoms with Crippen molar-refractivity contribution < 1.29 is 48.8 Å². The molecule has 0 radical (unpaired) electrons. The summed E-state index contributed by atoms with van der Waals surface area (Å²) < 4.78 is 5.00. The van der Waals surface area contributed by atoms with Crippen molar-refractivity contribution in [2.45, 2.75) is 19.3 Å². The fourth-order valence-electron chi connectivity index (χ4n) is 2.92. The molecule has 2 heterocycles. The maximum absolute atomic E-state index is 12.4. The molecule has 2 aromatic heterocycles. The number of imidazole rings is 2. The van der Waals surface area contributed by atoms with Crippen molar-refractivity contribution in [2.24, 2.45) is 11.3 Å². The van der Waals surface area contributed by atoms with E-state index in [4.69, 9.17) is 14.9 Å². The van der Waals surface area contributed by atoms with Crippen molar-refractivity contribution in [1.29, 1.82) is 0 Å². The molecule has 2 rings (SSSR count). The first-order valence-corrected chi connectivity index (χ1v) is 13.7. The van der Waals surface area contributed by atoms with E-state index >= 15 is 0 Å². The van der Waals surface area contributed by atoms with Crippen LogP contribution >= 0.6 is 23.5 Å². The molecule has 0 unspecified atom stereocenters. The van der Waals surface area contributed by atoms with Gasteiger partial charge in [0.2, 0.25) is 5.78 Å². The van der Waals surface area contributed by atoms with E-state index in [2.05, 4.69) is 19.9 Å². The molecule has 0 aliphatic heterocycles. The predicted octanol–water partition coefficient (Wildman–Crippen LogP) is 1.48. The number of hydrogen-bond donors (Lipinski definition) is 5. The Morgan fingerprint density at radius 3 is 2.00 bits per heavy atom. The zero-order valence-electron chi connectivity index (χ0n) is 20.5. The van der Waals surface area contributed by atoms with Crippen LogP contribution in [0, 0.1) is 11.3 Å². The van der Waals surface area contributed by atoms with Crippen LogP contribution in [0.5, 0.6) is 0 Å². The molecule has 0 saturated carbocycles. The van der Waals surface area contributed by atoms with Crippen LogP contribution in [0.25, 0.3) is 0 Å². The van der Waals surface area contributed by atoms with Crippen molar-refractivity contribution in [3.05, 3.63) is 36.4 Å². The third kappa shape index (κ3) is 9.66. The Kier molecular flexibility index (Phi) is 13.8. The second kappa shape index (κ2) is 16.2. The first-order valence-electron chi connectivity index (χ1n) is 10.9.